The lowest BCUT2D eigenvalue weighted by atomic mass is 10.0. The molecule has 148 valence electrons. The molecular formula is C19H25N7O2. The number of amides is 2. The first-order valence-electron chi connectivity index (χ1n) is 9.52. The summed E-state index contributed by atoms with van der Waals surface area (Å²) in [7, 11) is 3.53. The highest BCUT2D eigenvalue weighted by atomic mass is 16.5. The third kappa shape index (κ3) is 3.57. The number of urea groups is 1. The minimum atomic E-state index is -0.129. The SMILES string of the molecule is COCc1nc(C2CCCCN2C(=O)NCc2nn(C)c3ccccc23)n[nH]1. The molecule has 2 aromatic heterocycles. The summed E-state index contributed by atoms with van der Waals surface area (Å²) in [5, 5.41) is 15.8. The van der Waals surface area contributed by atoms with Crippen LogP contribution in [0.4, 0.5) is 4.79 Å². The zero-order valence-corrected chi connectivity index (χ0v) is 16.2. The van der Waals surface area contributed by atoms with Gasteiger partial charge in [0.05, 0.1) is 23.8 Å². The van der Waals surface area contributed by atoms with Gasteiger partial charge in [0.15, 0.2) is 11.6 Å². The number of likely N-dealkylation sites (tertiary alicyclic amines) is 1. The average molecular weight is 383 g/mol. The Kier molecular flexibility index (Phi) is 5.25. The van der Waals surface area contributed by atoms with E-state index < -0.39 is 0 Å². The van der Waals surface area contributed by atoms with Gasteiger partial charge in [-0.25, -0.2) is 9.78 Å². The molecule has 1 saturated heterocycles. The third-order valence-corrected chi connectivity index (χ3v) is 5.13. The van der Waals surface area contributed by atoms with Crippen molar-refractivity contribution in [3.8, 4) is 0 Å². The minimum Gasteiger partial charge on any atom is -0.377 e. The lowest BCUT2D eigenvalue weighted by molar-refractivity contribution is 0.147. The van der Waals surface area contributed by atoms with Crippen LogP contribution in [0.1, 0.15) is 42.6 Å². The average Bonchev–Trinajstić information content (AvgIpc) is 3.31. The summed E-state index contributed by atoms with van der Waals surface area (Å²) in [5.74, 6) is 1.31. The fourth-order valence-corrected chi connectivity index (χ4v) is 3.78. The van der Waals surface area contributed by atoms with Crippen LogP contribution in [0, 0.1) is 0 Å². The molecule has 1 fully saturated rings. The molecule has 0 aliphatic carbocycles. The number of nitrogens with one attached hydrogen (secondary N) is 2. The normalized spacial score (nSPS) is 17.2. The van der Waals surface area contributed by atoms with Crippen molar-refractivity contribution in [2.45, 2.75) is 38.5 Å². The molecule has 2 N–H and O–H groups in total. The number of nitrogens with zero attached hydrogens (tertiary/aromatic N) is 5. The zero-order chi connectivity index (χ0) is 19.5. The molecule has 4 rings (SSSR count). The van der Waals surface area contributed by atoms with E-state index in [1.807, 2.05) is 40.9 Å². The first-order valence-corrected chi connectivity index (χ1v) is 9.52. The first-order chi connectivity index (χ1) is 13.7. The van der Waals surface area contributed by atoms with Crippen molar-refractivity contribution in [3.63, 3.8) is 0 Å². The van der Waals surface area contributed by atoms with Crippen LogP contribution in [0.15, 0.2) is 24.3 Å². The van der Waals surface area contributed by atoms with E-state index in [1.54, 1.807) is 7.11 Å². The van der Waals surface area contributed by atoms with E-state index in [-0.39, 0.29) is 12.1 Å². The van der Waals surface area contributed by atoms with Gasteiger partial charge in [-0.2, -0.15) is 10.2 Å². The van der Waals surface area contributed by atoms with E-state index in [0.717, 1.165) is 35.9 Å². The van der Waals surface area contributed by atoms with Crippen LogP contribution in [0.5, 0.6) is 0 Å². The summed E-state index contributed by atoms with van der Waals surface area (Å²) in [6.07, 6.45) is 2.88. The van der Waals surface area contributed by atoms with Crippen LogP contribution in [0.3, 0.4) is 0 Å². The van der Waals surface area contributed by atoms with Crippen LogP contribution in [-0.2, 0) is 24.9 Å². The fourth-order valence-electron chi connectivity index (χ4n) is 3.78. The maximum absolute atomic E-state index is 12.9. The second-order valence-corrected chi connectivity index (χ2v) is 7.02. The van der Waals surface area contributed by atoms with Crippen LogP contribution in [0.25, 0.3) is 10.9 Å². The standard InChI is InChI=1S/C19H25N7O2/c1-25-15-8-4-3-7-13(15)14(24-25)11-20-19(27)26-10-6-5-9-16(26)18-21-17(12-28-2)22-23-18/h3-4,7-8,16H,5-6,9-12H2,1-2H3,(H,20,27)(H,21,22,23). The van der Waals surface area contributed by atoms with Crippen molar-refractivity contribution in [1.29, 1.82) is 0 Å². The molecule has 1 atom stereocenters. The predicted molar refractivity (Wildman–Crippen MR) is 103 cm³/mol. The lowest BCUT2D eigenvalue weighted by Crippen LogP contribution is -2.44. The highest BCUT2D eigenvalue weighted by Crippen LogP contribution is 2.29. The minimum absolute atomic E-state index is 0.113. The molecule has 9 heteroatoms. The molecule has 2 amide bonds. The molecule has 0 spiro atoms. The van der Waals surface area contributed by atoms with Gasteiger partial charge in [0.2, 0.25) is 0 Å². The number of aromatic amines is 1. The van der Waals surface area contributed by atoms with Gasteiger partial charge in [-0.3, -0.25) is 9.78 Å². The van der Waals surface area contributed by atoms with Crippen LogP contribution in [-0.4, -0.2) is 49.5 Å². The van der Waals surface area contributed by atoms with Crippen molar-refractivity contribution in [2.75, 3.05) is 13.7 Å². The van der Waals surface area contributed by atoms with Gasteiger partial charge >= 0.3 is 6.03 Å². The largest absolute Gasteiger partial charge is 0.377 e. The van der Waals surface area contributed by atoms with Crippen molar-refractivity contribution in [2.24, 2.45) is 7.05 Å². The number of carbonyl (C=O) groups excluding carboxylic acids is 1. The molecule has 3 aromatic rings. The summed E-state index contributed by atoms with van der Waals surface area (Å²) < 4.78 is 6.93. The maximum Gasteiger partial charge on any atom is 0.318 e. The second-order valence-electron chi connectivity index (χ2n) is 7.02. The number of fused-ring (bicyclic) bond motifs is 1. The molecule has 0 bridgehead atoms. The second kappa shape index (κ2) is 7.97. The van der Waals surface area contributed by atoms with Gasteiger partial charge in [-0.15, -0.1) is 0 Å². The van der Waals surface area contributed by atoms with Crippen LogP contribution >= 0.6 is 0 Å². The van der Waals surface area contributed by atoms with Gasteiger partial charge in [-0.05, 0) is 25.3 Å². The van der Waals surface area contributed by atoms with Gasteiger partial charge in [-0.1, -0.05) is 18.2 Å². The highest BCUT2D eigenvalue weighted by Gasteiger charge is 2.31. The number of hydrogen-bond acceptors (Lipinski definition) is 5. The van der Waals surface area contributed by atoms with Crippen LogP contribution < -0.4 is 5.32 Å². The number of ether oxygens (including phenoxy) is 1. The van der Waals surface area contributed by atoms with Crippen LogP contribution in [0.2, 0.25) is 0 Å². The number of carbonyl (C=O) groups is 1. The lowest BCUT2D eigenvalue weighted by Gasteiger charge is -2.33. The number of methoxy groups -OCH3 is 1. The molecule has 0 saturated carbocycles. The number of hydrogen-bond donors (Lipinski definition) is 2. The number of H-pyrrole nitrogens is 1. The first kappa shape index (κ1) is 18.4. The molecule has 3 heterocycles. The monoisotopic (exact) mass is 383 g/mol. The highest BCUT2D eigenvalue weighted by molar-refractivity contribution is 5.82. The Morgan fingerprint density at radius 3 is 3.07 bits per heavy atom. The number of para-hydroxylation sites is 1. The Morgan fingerprint density at radius 1 is 1.36 bits per heavy atom. The van der Waals surface area contributed by atoms with Crippen molar-refractivity contribution >= 4 is 16.9 Å². The number of aromatic nitrogens is 5. The Hall–Kier alpha value is -2.94. The molecule has 1 aliphatic rings. The van der Waals surface area contributed by atoms with E-state index in [4.69, 9.17) is 4.74 Å². The van der Waals surface area contributed by atoms with Crippen molar-refractivity contribution < 1.29 is 9.53 Å². The van der Waals surface area contributed by atoms with Gasteiger partial charge in [0.1, 0.15) is 6.61 Å². The zero-order valence-electron chi connectivity index (χ0n) is 16.2. The summed E-state index contributed by atoms with van der Waals surface area (Å²) in [6.45, 7) is 1.44. The summed E-state index contributed by atoms with van der Waals surface area (Å²) in [6, 6.07) is 7.78. The summed E-state index contributed by atoms with van der Waals surface area (Å²) in [5.41, 5.74) is 1.91. The topological polar surface area (TPSA) is 101 Å². The number of benzene rings is 1. The van der Waals surface area contributed by atoms with E-state index in [9.17, 15) is 4.79 Å². The van der Waals surface area contributed by atoms with Crippen molar-refractivity contribution in [1.82, 2.24) is 35.2 Å². The van der Waals surface area contributed by atoms with Gasteiger partial charge in [0, 0.05) is 26.1 Å². The Labute approximate surface area is 163 Å². The number of rotatable bonds is 5. The molecule has 1 aromatic carbocycles. The molecule has 28 heavy (non-hydrogen) atoms. The molecule has 1 unspecified atom stereocenters. The molecule has 1 aliphatic heterocycles. The summed E-state index contributed by atoms with van der Waals surface area (Å²) in [4.78, 5) is 19.2. The molecular weight excluding hydrogens is 358 g/mol. The molecule has 0 radical (unpaired) electrons. The van der Waals surface area contributed by atoms with E-state index in [0.29, 0.717) is 31.3 Å². The Balaban J connectivity index is 1.47. The van der Waals surface area contributed by atoms with E-state index >= 15 is 0 Å². The Bertz CT molecular complexity index is 964. The Morgan fingerprint density at radius 2 is 2.21 bits per heavy atom. The van der Waals surface area contributed by atoms with E-state index in [1.165, 1.54) is 0 Å². The van der Waals surface area contributed by atoms with Gasteiger partial charge < -0.3 is 15.0 Å². The quantitative estimate of drug-likeness (QED) is 0.704. The van der Waals surface area contributed by atoms with E-state index in [2.05, 4.69) is 25.6 Å². The number of aryl methyl sites for hydroxylation is 1. The smallest absolute Gasteiger partial charge is 0.318 e. The van der Waals surface area contributed by atoms with Crippen molar-refractivity contribution in [3.05, 3.63) is 41.6 Å². The molecule has 9 nitrogen and oxygen atoms in total. The third-order valence-electron chi connectivity index (χ3n) is 5.13. The predicted octanol–water partition coefficient (Wildman–Crippen LogP) is 2.27. The fraction of sp³-hybridized carbons (Fsp3) is 0.474. The summed E-state index contributed by atoms with van der Waals surface area (Å²) >= 11 is 0. The maximum atomic E-state index is 12.9. The number of piperidine rings is 1. The van der Waals surface area contributed by atoms with Gasteiger partial charge in [0.25, 0.3) is 0 Å².